The van der Waals surface area contributed by atoms with Crippen molar-refractivity contribution in [3.63, 3.8) is 0 Å². The predicted octanol–water partition coefficient (Wildman–Crippen LogP) is 1.24. The summed E-state index contributed by atoms with van der Waals surface area (Å²) in [7, 11) is 0. The van der Waals surface area contributed by atoms with Crippen molar-refractivity contribution in [1.29, 1.82) is 0 Å². The van der Waals surface area contributed by atoms with Gasteiger partial charge in [0.15, 0.2) is 0 Å². The summed E-state index contributed by atoms with van der Waals surface area (Å²) in [6, 6.07) is 0.132. The first-order chi connectivity index (χ1) is 8.41. The second-order valence-corrected chi connectivity index (χ2v) is 5.90. The van der Waals surface area contributed by atoms with Crippen LogP contribution in [-0.4, -0.2) is 52.9 Å². The molecule has 0 aromatic carbocycles. The molecule has 0 saturated carbocycles. The van der Waals surface area contributed by atoms with Gasteiger partial charge >= 0.3 is 0 Å². The topological polar surface area (TPSA) is 49.6 Å². The van der Waals surface area contributed by atoms with E-state index in [4.69, 9.17) is 18.0 Å². The van der Waals surface area contributed by atoms with E-state index < -0.39 is 0 Å². The van der Waals surface area contributed by atoms with Crippen molar-refractivity contribution < 1.29 is 4.79 Å². The molecule has 0 aliphatic carbocycles. The van der Waals surface area contributed by atoms with Gasteiger partial charge in [0, 0.05) is 32.6 Å². The zero-order valence-corrected chi connectivity index (χ0v) is 12.5. The van der Waals surface area contributed by atoms with E-state index in [1.54, 1.807) is 0 Å². The van der Waals surface area contributed by atoms with Gasteiger partial charge in [0.1, 0.15) is 0 Å². The van der Waals surface area contributed by atoms with Gasteiger partial charge in [0.25, 0.3) is 0 Å². The van der Waals surface area contributed by atoms with Gasteiger partial charge in [-0.1, -0.05) is 26.1 Å². The van der Waals surface area contributed by atoms with Crippen LogP contribution in [0.3, 0.4) is 0 Å². The zero-order valence-electron chi connectivity index (χ0n) is 11.7. The molecule has 1 saturated heterocycles. The van der Waals surface area contributed by atoms with Crippen molar-refractivity contribution in [3.8, 4) is 0 Å². The van der Waals surface area contributed by atoms with E-state index in [1.165, 1.54) is 0 Å². The molecule has 1 amide bonds. The Morgan fingerprint density at radius 3 is 2.22 bits per heavy atom. The zero-order chi connectivity index (χ0) is 13.7. The van der Waals surface area contributed by atoms with Gasteiger partial charge in [0.2, 0.25) is 5.91 Å². The Kier molecular flexibility index (Phi) is 6.02. The van der Waals surface area contributed by atoms with Crippen LogP contribution in [0.5, 0.6) is 0 Å². The summed E-state index contributed by atoms with van der Waals surface area (Å²) in [5.41, 5.74) is 5.65. The molecule has 5 heteroatoms. The monoisotopic (exact) mass is 271 g/mol. The lowest BCUT2D eigenvalue weighted by Crippen LogP contribution is -2.53. The Labute approximate surface area is 115 Å². The lowest BCUT2D eigenvalue weighted by molar-refractivity contribution is -0.133. The number of amides is 1. The van der Waals surface area contributed by atoms with Gasteiger partial charge in [-0.15, -0.1) is 0 Å². The molecule has 0 bridgehead atoms. The summed E-state index contributed by atoms with van der Waals surface area (Å²) in [4.78, 5) is 16.7. The summed E-state index contributed by atoms with van der Waals surface area (Å²) in [6.45, 7) is 9.65. The maximum absolute atomic E-state index is 12.0. The second-order valence-electron chi connectivity index (χ2n) is 5.43. The van der Waals surface area contributed by atoms with Gasteiger partial charge in [-0.05, 0) is 19.3 Å². The van der Waals surface area contributed by atoms with Crippen LogP contribution in [0.4, 0.5) is 0 Å². The maximum Gasteiger partial charge on any atom is 0.222 e. The molecule has 1 rings (SSSR count). The van der Waals surface area contributed by atoms with Crippen molar-refractivity contribution in [3.05, 3.63) is 0 Å². The Hall–Kier alpha value is -0.680. The minimum absolute atomic E-state index is 0.132. The Morgan fingerprint density at radius 2 is 1.78 bits per heavy atom. The van der Waals surface area contributed by atoms with E-state index in [0.717, 1.165) is 32.6 Å². The van der Waals surface area contributed by atoms with Crippen molar-refractivity contribution in [2.45, 2.75) is 39.7 Å². The molecule has 4 nitrogen and oxygen atoms in total. The normalized spacial score (nSPS) is 19.0. The van der Waals surface area contributed by atoms with Crippen molar-refractivity contribution in [2.24, 2.45) is 11.7 Å². The van der Waals surface area contributed by atoms with Gasteiger partial charge < -0.3 is 10.6 Å². The highest BCUT2D eigenvalue weighted by atomic mass is 32.1. The standard InChI is InChI=1S/C13H25N3OS/c1-10(2)4-5-12(17)16-8-6-15(7-9-16)11(3)13(14)18/h10-11H,4-9H2,1-3H3,(H2,14,18). The van der Waals surface area contributed by atoms with Crippen LogP contribution in [-0.2, 0) is 4.79 Å². The SMILES string of the molecule is CC(C)CCC(=O)N1CCN(C(C)C(N)=S)CC1. The average molecular weight is 271 g/mol. The minimum atomic E-state index is 0.132. The van der Waals surface area contributed by atoms with Gasteiger partial charge in [-0.25, -0.2) is 0 Å². The number of nitrogens with two attached hydrogens (primary N) is 1. The summed E-state index contributed by atoms with van der Waals surface area (Å²) >= 11 is 5.01. The molecule has 1 heterocycles. The molecular weight excluding hydrogens is 246 g/mol. The van der Waals surface area contributed by atoms with E-state index in [2.05, 4.69) is 18.7 Å². The number of hydrogen-bond donors (Lipinski definition) is 1. The number of piperazine rings is 1. The average Bonchev–Trinajstić information content (AvgIpc) is 2.35. The van der Waals surface area contributed by atoms with E-state index in [1.807, 2.05) is 11.8 Å². The third kappa shape index (κ3) is 4.53. The highest BCUT2D eigenvalue weighted by Gasteiger charge is 2.24. The molecule has 1 unspecified atom stereocenters. The number of rotatable bonds is 5. The van der Waals surface area contributed by atoms with Crippen molar-refractivity contribution in [2.75, 3.05) is 26.2 Å². The van der Waals surface area contributed by atoms with Crippen LogP contribution in [0.1, 0.15) is 33.6 Å². The van der Waals surface area contributed by atoms with Crippen LogP contribution in [0.2, 0.25) is 0 Å². The number of nitrogens with zero attached hydrogens (tertiary/aromatic N) is 2. The third-order valence-corrected chi connectivity index (χ3v) is 3.90. The Morgan fingerprint density at radius 1 is 1.22 bits per heavy atom. The molecule has 0 spiro atoms. The van der Waals surface area contributed by atoms with E-state index >= 15 is 0 Å². The quantitative estimate of drug-likeness (QED) is 0.764. The van der Waals surface area contributed by atoms with Gasteiger partial charge in [0.05, 0.1) is 11.0 Å². The first kappa shape index (κ1) is 15.4. The number of carbonyl (C=O) groups excluding carboxylic acids is 1. The molecule has 0 aromatic heterocycles. The van der Waals surface area contributed by atoms with E-state index in [-0.39, 0.29) is 11.9 Å². The highest BCUT2D eigenvalue weighted by Crippen LogP contribution is 2.11. The maximum atomic E-state index is 12.0. The summed E-state index contributed by atoms with van der Waals surface area (Å²) < 4.78 is 0. The third-order valence-electron chi connectivity index (χ3n) is 3.56. The van der Waals surface area contributed by atoms with Crippen molar-refractivity contribution in [1.82, 2.24) is 9.80 Å². The summed E-state index contributed by atoms with van der Waals surface area (Å²) in [6.07, 6.45) is 1.64. The molecule has 104 valence electrons. The fraction of sp³-hybridized carbons (Fsp3) is 0.846. The first-order valence-electron chi connectivity index (χ1n) is 6.73. The smallest absolute Gasteiger partial charge is 0.222 e. The first-order valence-corrected chi connectivity index (χ1v) is 7.13. The summed E-state index contributed by atoms with van der Waals surface area (Å²) in [5.74, 6) is 0.871. The highest BCUT2D eigenvalue weighted by molar-refractivity contribution is 7.80. The number of carbonyl (C=O) groups is 1. The summed E-state index contributed by atoms with van der Waals surface area (Å²) in [5, 5.41) is 0. The van der Waals surface area contributed by atoms with Crippen LogP contribution < -0.4 is 5.73 Å². The van der Waals surface area contributed by atoms with Crippen molar-refractivity contribution >= 4 is 23.1 Å². The minimum Gasteiger partial charge on any atom is -0.392 e. The van der Waals surface area contributed by atoms with E-state index in [0.29, 0.717) is 17.3 Å². The van der Waals surface area contributed by atoms with Gasteiger partial charge in [-0.2, -0.15) is 0 Å². The molecule has 18 heavy (non-hydrogen) atoms. The van der Waals surface area contributed by atoms with E-state index in [9.17, 15) is 4.79 Å². The van der Waals surface area contributed by atoms with Crippen LogP contribution in [0.25, 0.3) is 0 Å². The second kappa shape index (κ2) is 7.04. The number of hydrogen-bond acceptors (Lipinski definition) is 3. The fourth-order valence-corrected chi connectivity index (χ4v) is 2.26. The molecule has 2 N–H and O–H groups in total. The Bertz CT molecular complexity index is 299. The molecule has 1 fully saturated rings. The number of thiocarbonyl (C=S) groups is 1. The van der Waals surface area contributed by atoms with Gasteiger partial charge in [-0.3, -0.25) is 9.69 Å². The molecule has 0 aromatic rings. The predicted molar refractivity (Wildman–Crippen MR) is 78.5 cm³/mol. The molecule has 1 aliphatic heterocycles. The molecule has 1 aliphatic rings. The lowest BCUT2D eigenvalue weighted by atomic mass is 10.1. The molecule has 1 atom stereocenters. The van der Waals surface area contributed by atoms with Crippen LogP contribution >= 0.6 is 12.2 Å². The molecular formula is C13H25N3OS. The van der Waals surface area contributed by atoms with Crippen LogP contribution in [0, 0.1) is 5.92 Å². The lowest BCUT2D eigenvalue weighted by Gasteiger charge is -2.37. The molecule has 0 radical (unpaired) electrons. The fourth-order valence-electron chi connectivity index (χ4n) is 2.11. The van der Waals surface area contributed by atoms with Crippen LogP contribution in [0.15, 0.2) is 0 Å². The largest absolute Gasteiger partial charge is 0.392 e. The Balaban J connectivity index is 2.35.